The molecule has 29 heavy (non-hydrogen) atoms. The van der Waals surface area contributed by atoms with Crippen molar-refractivity contribution in [3.05, 3.63) is 95.1 Å². The minimum Gasteiger partial charge on any atom is -0.483 e. The van der Waals surface area contributed by atoms with Crippen LogP contribution in [0.1, 0.15) is 27.0 Å². The van der Waals surface area contributed by atoms with Crippen LogP contribution in [0.5, 0.6) is 5.75 Å². The van der Waals surface area contributed by atoms with Gasteiger partial charge < -0.3 is 15.4 Å². The van der Waals surface area contributed by atoms with E-state index in [1.54, 1.807) is 24.3 Å². The van der Waals surface area contributed by atoms with Crippen molar-refractivity contribution in [1.29, 1.82) is 0 Å². The fraction of sp³-hybridized carbons (Fsp3) is 0.167. The lowest BCUT2D eigenvalue weighted by molar-refractivity contribution is -0.118. The molecule has 3 aromatic rings. The number of carbonyl (C=O) groups excluding carboxylic acids is 2. The van der Waals surface area contributed by atoms with Crippen LogP contribution in [-0.4, -0.2) is 18.4 Å². The molecule has 0 unspecified atom stereocenters. The zero-order valence-corrected chi connectivity index (χ0v) is 16.6. The van der Waals surface area contributed by atoms with Crippen LogP contribution in [0.4, 0.5) is 5.69 Å². The summed E-state index contributed by atoms with van der Waals surface area (Å²) in [6.07, 6.45) is 0. The Morgan fingerprint density at radius 2 is 1.48 bits per heavy atom. The van der Waals surface area contributed by atoms with Crippen molar-refractivity contribution >= 4 is 17.5 Å². The monoisotopic (exact) mass is 388 g/mol. The number of benzene rings is 3. The molecular formula is C24H24N2O3. The van der Waals surface area contributed by atoms with Gasteiger partial charge in [0, 0.05) is 12.2 Å². The summed E-state index contributed by atoms with van der Waals surface area (Å²) in [5.74, 6) is -0.156. The van der Waals surface area contributed by atoms with E-state index in [1.165, 1.54) is 0 Å². The van der Waals surface area contributed by atoms with E-state index in [0.717, 1.165) is 22.4 Å². The average molecular weight is 388 g/mol. The van der Waals surface area contributed by atoms with E-state index in [9.17, 15) is 9.59 Å². The van der Waals surface area contributed by atoms with E-state index in [1.807, 2.05) is 62.4 Å². The van der Waals surface area contributed by atoms with Crippen molar-refractivity contribution in [2.24, 2.45) is 0 Å². The first-order valence-corrected chi connectivity index (χ1v) is 9.44. The van der Waals surface area contributed by atoms with Crippen LogP contribution in [-0.2, 0) is 11.3 Å². The minimum absolute atomic E-state index is 0.184. The number of anilines is 1. The fourth-order valence-corrected chi connectivity index (χ4v) is 2.98. The summed E-state index contributed by atoms with van der Waals surface area (Å²) < 4.78 is 5.65. The highest BCUT2D eigenvalue weighted by Gasteiger charge is 2.14. The van der Waals surface area contributed by atoms with Gasteiger partial charge in [-0.15, -0.1) is 0 Å². The normalized spacial score (nSPS) is 10.3. The Bertz CT molecular complexity index is 980. The van der Waals surface area contributed by atoms with Crippen molar-refractivity contribution in [2.75, 3.05) is 11.9 Å². The van der Waals surface area contributed by atoms with Crippen LogP contribution in [0.15, 0.2) is 72.8 Å². The number of hydrogen-bond acceptors (Lipinski definition) is 3. The number of hydrogen-bond donors (Lipinski definition) is 2. The molecule has 0 saturated carbocycles. The van der Waals surface area contributed by atoms with Crippen LogP contribution in [0.3, 0.4) is 0 Å². The lowest BCUT2D eigenvalue weighted by Gasteiger charge is -2.14. The predicted molar refractivity (Wildman–Crippen MR) is 114 cm³/mol. The SMILES string of the molecule is Cc1cccc(C)c1NC(=O)COc1ccccc1C(=O)NCc1ccccc1. The minimum atomic E-state index is -0.276. The van der Waals surface area contributed by atoms with Crippen molar-refractivity contribution < 1.29 is 14.3 Å². The van der Waals surface area contributed by atoms with Crippen molar-refractivity contribution in [2.45, 2.75) is 20.4 Å². The summed E-state index contributed by atoms with van der Waals surface area (Å²) in [7, 11) is 0. The number of nitrogens with one attached hydrogen (secondary N) is 2. The molecule has 0 aliphatic carbocycles. The van der Waals surface area contributed by atoms with E-state index < -0.39 is 0 Å². The van der Waals surface area contributed by atoms with E-state index in [-0.39, 0.29) is 18.4 Å². The fourth-order valence-electron chi connectivity index (χ4n) is 2.98. The molecule has 0 aromatic heterocycles. The van der Waals surface area contributed by atoms with Gasteiger partial charge in [0.1, 0.15) is 5.75 Å². The van der Waals surface area contributed by atoms with Crippen LogP contribution in [0.2, 0.25) is 0 Å². The van der Waals surface area contributed by atoms with E-state index in [4.69, 9.17) is 4.74 Å². The van der Waals surface area contributed by atoms with E-state index in [2.05, 4.69) is 10.6 Å². The molecule has 0 fully saturated rings. The number of rotatable bonds is 7. The van der Waals surface area contributed by atoms with Gasteiger partial charge in [-0.2, -0.15) is 0 Å². The first-order chi connectivity index (χ1) is 14.0. The second kappa shape index (κ2) is 9.55. The lowest BCUT2D eigenvalue weighted by atomic mass is 10.1. The van der Waals surface area contributed by atoms with Gasteiger partial charge in [-0.1, -0.05) is 60.7 Å². The predicted octanol–water partition coefficient (Wildman–Crippen LogP) is 4.25. The molecule has 5 nitrogen and oxygen atoms in total. The molecule has 0 heterocycles. The average Bonchev–Trinajstić information content (AvgIpc) is 2.74. The van der Waals surface area contributed by atoms with Crippen molar-refractivity contribution in [3.63, 3.8) is 0 Å². The molecule has 0 saturated heterocycles. The highest BCUT2D eigenvalue weighted by atomic mass is 16.5. The molecule has 0 radical (unpaired) electrons. The molecule has 0 spiro atoms. The Hall–Kier alpha value is -3.60. The maximum absolute atomic E-state index is 12.6. The van der Waals surface area contributed by atoms with Gasteiger partial charge >= 0.3 is 0 Å². The zero-order valence-electron chi connectivity index (χ0n) is 16.6. The first kappa shape index (κ1) is 20.1. The second-order valence-electron chi connectivity index (χ2n) is 6.77. The number of amides is 2. The highest BCUT2D eigenvalue weighted by molar-refractivity contribution is 5.97. The molecule has 3 rings (SSSR count). The van der Waals surface area contributed by atoms with E-state index >= 15 is 0 Å². The van der Waals surface area contributed by atoms with Gasteiger partial charge in [0.2, 0.25) is 0 Å². The smallest absolute Gasteiger partial charge is 0.262 e. The summed E-state index contributed by atoms with van der Waals surface area (Å²) >= 11 is 0. The number of aryl methyl sites for hydroxylation is 2. The Labute approximate surface area is 170 Å². The second-order valence-corrected chi connectivity index (χ2v) is 6.77. The Kier molecular flexibility index (Phi) is 6.63. The summed E-state index contributed by atoms with van der Waals surface area (Å²) in [6, 6.07) is 22.4. The maximum Gasteiger partial charge on any atom is 0.262 e. The third-order valence-corrected chi connectivity index (χ3v) is 4.53. The summed E-state index contributed by atoms with van der Waals surface area (Å²) in [5, 5.41) is 5.76. The van der Waals surface area contributed by atoms with Gasteiger partial charge in [-0.25, -0.2) is 0 Å². The Morgan fingerprint density at radius 3 is 2.21 bits per heavy atom. The van der Waals surface area contributed by atoms with Crippen LogP contribution in [0, 0.1) is 13.8 Å². The third kappa shape index (κ3) is 5.45. The van der Waals surface area contributed by atoms with E-state index in [0.29, 0.717) is 17.9 Å². The van der Waals surface area contributed by atoms with Crippen LogP contribution >= 0.6 is 0 Å². The third-order valence-electron chi connectivity index (χ3n) is 4.53. The summed E-state index contributed by atoms with van der Waals surface area (Å²) in [6.45, 7) is 4.11. The largest absolute Gasteiger partial charge is 0.483 e. The molecule has 3 aromatic carbocycles. The van der Waals surface area contributed by atoms with Crippen molar-refractivity contribution in [3.8, 4) is 5.75 Å². The molecule has 0 bridgehead atoms. The van der Waals surface area contributed by atoms with Gasteiger partial charge in [0.25, 0.3) is 11.8 Å². The topological polar surface area (TPSA) is 67.4 Å². The Balaban J connectivity index is 1.61. The Morgan fingerprint density at radius 1 is 0.828 bits per heavy atom. The number of ether oxygens (including phenoxy) is 1. The first-order valence-electron chi connectivity index (χ1n) is 9.44. The molecule has 2 N–H and O–H groups in total. The zero-order chi connectivity index (χ0) is 20.6. The van der Waals surface area contributed by atoms with Crippen LogP contribution < -0.4 is 15.4 Å². The number of para-hydroxylation sites is 2. The molecule has 2 amide bonds. The summed E-state index contributed by atoms with van der Waals surface area (Å²) in [4.78, 5) is 24.9. The van der Waals surface area contributed by atoms with Crippen molar-refractivity contribution in [1.82, 2.24) is 5.32 Å². The molecule has 0 atom stereocenters. The molecular weight excluding hydrogens is 364 g/mol. The van der Waals surface area contributed by atoms with Crippen LogP contribution in [0.25, 0.3) is 0 Å². The molecule has 0 aliphatic rings. The van der Waals surface area contributed by atoms with Gasteiger partial charge in [0.05, 0.1) is 5.56 Å². The number of carbonyl (C=O) groups is 2. The van der Waals surface area contributed by atoms with Gasteiger partial charge in [-0.3, -0.25) is 9.59 Å². The quantitative estimate of drug-likeness (QED) is 0.636. The molecule has 5 heteroatoms. The van der Waals surface area contributed by atoms with Gasteiger partial charge in [-0.05, 0) is 42.7 Å². The lowest BCUT2D eigenvalue weighted by Crippen LogP contribution is -2.25. The van der Waals surface area contributed by atoms with Gasteiger partial charge in [0.15, 0.2) is 6.61 Å². The molecule has 148 valence electrons. The summed E-state index contributed by atoms with van der Waals surface area (Å²) in [5.41, 5.74) is 4.16. The molecule has 0 aliphatic heterocycles. The maximum atomic E-state index is 12.6. The standard InChI is InChI=1S/C24H24N2O3/c1-17-9-8-10-18(2)23(17)26-22(27)16-29-21-14-7-6-13-20(21)24(28)25-15-19-11-4-3-5-12-19/h3-14H,15-16H2,1-2H3,(H,25,28)(H,26,27). The highest BCUT2D eigenvalue weighted by Crippen LogP contribution is 2.20.